The summed E-state index contributed by atoms with van der Waals surface area (Å²) >= 11 is 0. The molecule has 0 amide bonds. The van der Waals surface area contributed by atoms with Crippen molar-refractivity contribution in [1.82, 2.24) is 15.1 Å². The van der Waals surface area contributed by atoms with Gasteiger partial charge in [0.1, 0.15) is 0 Å². The molecular weight excluding hydrogens is 270 g/mol. The van der Waals surface area contributed by atoms with E-state index >= 15 is 0 Å². The van der Waals surface area contributed by atoms with E-state index in [0.717, 1.165) is 58.8 Å². The van der Waals surface area contributed by atoms with E-state index in [9.17, 15) is 0 Å². The highest BCUT2D eigenvalue weighted by Crippen LogP contribution is 2.37. The molecule has 6 heteroatoms. The molecule has 2 saturated heterocycles. The molecule has 0 radical (unpaired) electrons. The summed E-state index contributed by atoms with van der Waals surface area (Å²) in [5, 5.41) is 7.89. The molecule has 0 aromatic carbocycles. The van der Waals surface area contributed by atoms with E-state index in [2.05, 4.69) is 21.3 Å². The van der Waals surface area contributed by atoms with Crippen LogP contribution in [0.15, 0.2) is 12.4 Å². The maximum atomic E-state index is 5.98. The molecule has 2 aliphatic rings. The molecule has 2 fully saturated rings. The Morgan fingerprint density at radius 2 is 2.48 bits per heavy atom. The number of rotatable bonds is 6. The summed E-state index contributed by atoms with van der Waals surface area (Å²) in [5.41, 5.74) is 1.15. The van der Waals surface area contributed by atoms with Crippen LogP contribution in [0.25, 0.3) is 0 Å². The van der Waals surface area contributed by atoms with Crippen molar-refractivity contribution in [3.8, 4) is 0 Å². The molecule has 1 aromatic rings. The number of nitrogens with zero attached hydrogens (tertiary/aromatic N) is 2. The Labute approximate surface area is 125 Å². The van der Waals surface area contributed by atoms with Crippen LogP contribution in [0.5, 0.6) is 0 Å². The van der Waals surface area contributed by atoms with Gasteiger partial charge < -0.3 is 19.5 Å². The summed E-state index contributed by atoms with van der Waals surface area (Å²) in [6.07, 6.45) is 7.15. The molecular formula is C15H25N3O3. The Morgan fingerprint density at radius 1 is 1.52 bits per heavy atom. The van der Waals surface area contributed by atoms with Gasteiger partial charge in [-0.15, -0.1) is 0 Å². The maximum Gasteiger partial charge on any atom is 0.0957 e. The van der Waals surface area contributed by atoms with Gasteiger partial charge in [-0.1, -0.05) is 0 Å². The third-order valence-corrected chi connectivity index (χ3v) is 4.38. The predicted molar refractivity (Wildman–Crippen MR) is 78.2 cm³/mol. The number of hydrogen-bond acceptors (Lipinski definition) is 5. The SMILES string of the molecule is COCCNCc1cnn(C2CCOC3(CCOC3)C2)c1. The van der Waals surface area contributed by atoms with Gasteiger partial charge in [0.2, 0.25) is 0 Å². The van der Waals surface area contributed by atoms with Crippen molar-refractivity contribution in [1.29, 1.82) is 0 Å². The van der Waals surface area contributed by atoms with Gasteiger partial charge in [-0.2, -0.15) is 5.10 Å². The quantitative estimate of drug-likeness (QED) is 0.797. The van der Waals surface area contributed by atoms with Gasteiger partial charge in [0.05, 0.1) is 31.1 Å². The van der Waals surface area contributed by atoms with E-state index in [4.69, 9.17) is 14.2 Å². The largest absolute Gasteiger partial charge is 0.383 e. The number of ether oxygens (including phenoxy) is 3. The van der Waals surface area contributed by atoms with E-state index < -0.39 is 0 Å². The molecule has 3 rings (SSSR count). The smallest absolute Gasteiger partial charge is 0.0957 e. The maximum absolute atomic E-state index is 5.98. The molecule has 1 N–H and O–H groups in total. The van der Waals surface area contributed by atoms with Crippen LogP contribution in [0, 0.1) is 0 Å². The second-order valence-electron chi connectivity index (χ2n) is 5.98. The molecule has 118 valence electrons. The van der Waals surface area contributed by atoms with Gasteiger partial charge in [-0.05, 0) is 6.42 Å². The average molecular weight is 295 g/mol. The molecule has 2 aliphatic heterocycles. The normalized spacial score (nSPS) is 29.3. The fourth-order valence-corrected chi connectivity index (χ4v) is 3.17. The number of nitrogens with one attached hydrogen (secondary N) is 1. The van der Waals surface area contributed by atoms with Crippen molar-refractivity contribution in [2.24, 2.45) is 0 Å². The highest BCUT2D eigenvalue weighted by atomic mass is 16.6. The first-order valence-corrected chi connectivity index (χ1v) is 7.76. The predicted octanol–water partition coefficient (Wildman–Crippen LogP) is 1.13. The van der Waals surface area contributed by atoms with Crippen LogP contribution in [0.1, 0.15) is 30.9 Å². The summed E-state index contributed by atoms with van der Waals surface area (Å²) < 4.78 is 18.6. The first kappa shape index (κ1) is 15.0. The van der Waals surface area contributed by atoms with Gasteiger partial charge >= 0.3 is 0 Å². The molecule has 21 heavy (non-hydrogen) atoms. The Bertz CT molecular complexity index is 443. The van der Waals surface area contributed by atoms with Crippen LogP contribution >= 0.6 is 0 Å². The van der Waals surface area contributed by atoms with Crippen molar-refractivity contribution in [3.63, 3.8) is 0 Å². The van der Waals surface area contributed by atoms with Gasteiger partial charge in [-0.3, -0.25) is 4.68 Å². The average Bonchev–Trinajstić information content (AvgIpc) is 3.14. The molecule has 2 unspecified atom stereocenters. The zero-order chi connectivity index (χ0) is 14.5. The first-order chi connectivity index (χ1) is 10.3. The highest BCUT2D eigenvalue weighted by Gasteiger charge is 2.41. The second kappa shape index (κ2) is 6.87. The van der Waals surface area contributed by atoms with Crippen molar-refractivity contribution in [2.45, 2.75) is 37.5 Å². The first-order valence-electron chi connectivity index (χ1n) is 7.76. The molecule has 0 bridgehead atoms. The third-order valence-electron chi connectivity index (χ3n) is 4.38. The van der Waals surface area contributed by atoms with Crippen LogP contribution in [0.2, 0.25) is 0 Å². The highest BCUT2D eigenvalue weighted by molar-refractivity contribution is 5.05. The van der Waals surface area contributed by atoms with Crippen molar-refractivity contribution in [2.75, 3.05) is 40.1 Å². The Morgan fingerprint density at radius 3 is 3.29 bits per heavy atom. The minimum atomic E-state index is -0.0637. The lowest BCUT2D eigenvalue weighted by Gasteiger charge is -2.37. The van der Waals surface area contributed by atoms with E-state index in [-0.39, 0.29) is 5.60 Å². The molecule has 2 atom stereocenters. The second-order valence-corrected chi connectivity index (χ2v) is 5.98. The third kappa shape index (κ3) is 3.63. The van der Waals surface area contributed by atoms with Crippen LogP contribution in [-0.4, -0.2) is 55.5 Å². The molecule has 0 aliphatic carbocycles. The van der Waals surface area contributed by atoms with Crippen molar-refractivity contribution < 1.29 is 14.2 Å². The molecule has 3 heterocycles. The van der Waals surface area contributed by atoms with Gasteiger partial charge in [0, 0.05) is 58.0 Å². The molecule has 6 nitrogen and oxygen atoms in total. The summed E-state index contributed by atoms with van der Waals surface area (Å²) in [5.74, 6) is 0. The summed E-state index contributed by atoms with van der Waals surface area (Å²) in [4.78, 5) is 0. The van der Waals surface area contributed by atoms with E-state index in [1.165, 1.54) is 5.56 Å². The Kier molecular flexibility index (Phi) is 4.90. The lowest BCUT2D eigenvalue weighted by Crippen LogP contribution is -2.41. The van der Waals surface area contributed by atoms with Crippen molar-refractivity contribution in [3.05, 3.63) is 18.0 Å². The number of aromatic nitrogens is 2. The van der Waals surface area contributed by atoms with Crippen LogP contribution in [0.4, 0.5) is 0 Å². The Balaban J connectivity index is 1.55. The summed E-state index contributed by atoms with van der Waals surface area (Å²) in [6, 6.07) is 0.424. The molecule has 1 spiro atoms. The lowest BCUT2D eigenvalue weighted by molar-refractivity contribution is -0.0962. The van der Waals surface area contributed by atoms with Crippen molar-refractivity contribution >= 4 is 0 Å². The van der Waals surface area contributed by atoms with Crippen LogP contribution < -0.4 is 5.32 Å². The zero-order valence-electron chi connectivity index (χ0n) is 12.7. The van der Waals surface area contributed by atoms with Gasteiger partial charge in [-0.25, -0.2) is 0 Å². The van der Waals surface area contributed by atoms with Crippen LogP contribution in [-0.2, 0) is 20.8 Å². The monoisotopic (exact) mass is 295 g/mol. The topological polar surface area (TPSA) is 57.5 Å². The van der Waals surface area contributed by atoms with Gasteiger partial charge in [0.15, 0.2) is 0 Å². The molecule has 1 aromatic heterocycles. The standard InChI is InChI=1S/C15H25N3O3/c1-19-7-4-16-9-13-10-17-18(11-13)14-2-5-21-15(8-14)3-6-20-12-15/h10-11,14,16H,2-9,12H2,1H3. The minimum Gasteiger partial charge on any atom is -0.383 e. The van der Waals surface area contributed by atoms with E-state index in [1.807, 2.05) is 6.20 Å². The van der Waals surface area contributed by atoms with Gasteiger partial charge in [0.25, 0.3) is 0 Å². The fraction of sp³-hybridized carbons (Fsp3) is 0.800. The number of hydrogen-bond donors (Lipinski definition) is 1. The lowest BCUT2D eigenvalue weighted by atomic mass is 9.90. The van der Waals surface area contributed by atoms with E-state index in [0.29, 0.717) is 6.04 Å². The Hall–Kier alpha value is -0.950. The van der Waals surface area contributed by atoms with E-state index in [1.54, 1.807) is 7.11 Å². The zero-order valence-corrected chi connectivity index (χ0v) is 12.7. The van der Waals surface area contributed by atoms with Crippen LogP contribution in [0.3, 0.4) is 0 Å². The molecule has 0 saturated carbocycles. The fourth-order valence-electron chi connectivity index (χ4n) is 3.17. The number of methoxy groups -OCH3 is 1. The summed E-state index contributed by atoms with van der Waals surface area (Å²) in [6.45, 7) is 4.78. The minimum absolute atomic E-state index is 0.0637. The summed E-state index contributed by atoms with van der Waals surface area (Å²) in [7, 11) is 1.72.